The highest BCUT2D eigenvalue weighted by molar-refractivity contribution is 6.30. The first-order valence-corrected chi connectivity index (χ1v) is 8.03. The quantitative estimate of drug-likeness (QED) is 0.695. The van der Waals surface area contributed by atoms with Crippen LogP contribution in [0.1, 0.15) is 12.0 Å². The van der Waals surface area contributed by atoms with E-state index >= 15 is 0 Å². The Bertz CT molecular complexity index is 683. The fraction of sp³-hybridized carbons (Fsp3) is 0.500. The molecule has 1 fully saturated rings. The molecule has 7 nitrogen and oxygen atoms in total. The normalized spacial score (nSPS) is 29.5. The van der Waals surface area contributed by atoms with Gasteiger partial charge in [-0.3, -0.25) is 15.3 Å². The van der Waals surface area contributed by atoms with E-state index in [0.29, 0.717) is 30.2 Å². The van der Waals surface area contributed by atoms with E-state index in [1.165, 1.54) is 0 Å². The molecule has 0 aromatic heterocycles. The van der Waals surface area contributed by atoms with Crippen LogP contribution in [0.3, 0.4) is 0 Å². The molecule has 8 heteroatoms. The molecule has 130 valence electrons. The SMILES string of the molecule is CN1CCC2(N)Oc3ccc(Cl)cc3CC2C1C(C(=O)O)C(=O)O. The number of rotatable bonds is 3. The Kier molecular flexibility index (Phi) is 4.19. The van der Waals surface area contributed by atoms with Crippen LogP contribution in [-0.2, 0) is 16.0 Å². The Morgan fingerprint density at radius 3 is 2.71 bits per heavy atom. The zero-order valence-corrected chi connectivity index (χ0v) is 13.9. The molecule has 0 bridgehead atoms. The summed E-state index contributed by atoms with van der Waals surface area (Å²) in [5.74, 6) is -4.18. The molecular formula is C16H19ClN2O5. The smallest absolute Gasteiger partial charge is 0.319 e. The predicted octanol–water partition coefficient (Wildman–Crippen LogP) is 1.04. The van der Waals surface area contributed by atoms with Crippen molar-refractivity contribution in [2.75, 3.05) is 13.6 Å². The zero-order valence-electron chi connectivity index (χ0n) is 13.1. The lowest BCUT2D eigenvalue weighted by atomic mass is 9.72. The van der Waals surface area contributed by atoms with Crippen LogP contribution in [0, 0.1) is 11.8 Å². The van der Waals surface area contributed by atoms with Gasteiger partial charge in [-0.15, -0.1) is 0 Å². The first kappa shape index (κ1) is 17.0. The number of carbonyl (C=O) groups is 2. The van der Waals surface area contributed by atoms with Gasteiger partial charge in [0.1, 0.15) is 5.75 Å². The third-order valence-corrected chi connectivity index (χ3v) is 5.28. The van der Waals surface area contributed by atoms with Crippen molar-refractivity contribution in [3.8, 4) is 5.75 Å². The number of carboxylic acids is 2. The number of hydrogen-bond acceptors (Lipinski definition) is 5. The summed E-state index contributed by atoms with van der Waals surface area (Å²) in [6, 6.07) is 4.42. The van der Waals surface area contributed by atoms with Gasteiger partial charge in [0.2, 0.25) is 0 Å². The van der Waals surface area contributed by atoms with Crippen molar-refractivity contribution in [2.24, 2.45) is 17.6 Å². The monoisotopic (exact) mass is 354 g/mol. The second kappa shape index (κ2) is 5.91. The van der Waals surface area contributed by atoms with Crippen LogP contribution in [0.5, 0.6) is 5.75 Å². The van der Waals surface area contributed by atoms with Crippen LogP contribution in [0.2, 0.25) is 5.02 Å². The predicted molar refractivity (Wildman–Crippen MR) is 86.0 cm³/mol. The molecule has 0 amide bonds. The van der Waals surface area contributed by atoms with E-state index in [-0.39, 0.29) is 0 Å². The van der Waals surface area contributed by atoms with Crippen molar-refractivity contribution in [1.82, 2.24) is 4.90 Å². The number of fused-ring (bicyclic) bond motifs is 2. The highest BCUT2D eigenvalue weighted by Crippen LogP contribution is 2.44. The van der Waals surface area contributed by atoms with Gasteiger partial charge in [-0.25, -0.2) is 0 Å². The standard InChI is InChI=1S/C16H19ClN2O5/c1-19-5-4-16(18)10(13(19)12(14(20)21)15(22)23)7-8-6-9(17)2-3-11(8)24-16/h2-3,6,10,12-13H,4-5,7,18H2,1H3,(H,20,21)(H,22,23). The van der Waals surface area contributed by atoms with Gasteiger partial charge in [0.15, 0.2) is 11.6 Å². The maximum absolute atomic E-state index is 11.6. The minimum atomic E-state index is -1.58. The number of carboxylic acid groups (broad SMARTS) is 2. The Morgan fingerprint density at radius 2 is 2.08 bits per heavy atom. The maximum atomic E-state index is 11.6. The van der Waals surface area contributed by atoms with Crippen molar-refractivity contribution in [2.45, 2.75) is 24.6 Å². The third-order valence-electron chi connectivity index (χ3n) is 5.04. The fourth-order valence-electron chi connectivity index (χ4n) is 3.84. The lowest BCUT2D eigenvalue weighted by Gasteiger charge is -2.52. The van der Waals surface area contributed by atoms with E-state index in [0.717, 1.165) is 5.56 Å². The van der Waals surface area contributed by atoms with E-state index in [2.05, 4.69) is 0 Å². The van der Waals surface area contributed by atoms with E-state index in [4.69, 9.17) is 22.1 Å². The van der Waals surface area contributed by atoms with Gasteiger partial charge in [0.25, 0.3) is 0 Å². The van der Waals surface area contributed by atoms with Gasteiger partial charge in [0.05, 0.1) is 0 Å². The van der Waals surface area contributed by atoms with Crippen LogP contribution in [0.25, 0.3) is 0 Å². The Morgan fingerprint density at radius 1 is 1.42 bits per heavy atom. The second-order valence-corrected chi connectivity index (χ2v) is 6.93. The number of likely N-dealkylation sites (tertiary alicyclic amines) is 1. The van der Waals surface area contributed by atoms with Crippen molar-refractivity contribution in [3.63, 3.8) is 0 Å². The molecule has 0 spiro atoms. The molecular weight excluding hydrogens is 336 g/mol. The molecule has 24 heavy (non-hydrogen) atoms. The summed E-state index contributed by atoms with van der Waals surface area (Å²) in [4.78, 5) is 24.9. The maximum Gasteiger partial charge on any atom is 0.319 e. The highest BCUT2D eigenvalue weighted by Gasteiger charge is 2.55. The number of ether oxygens (including phenoxy) is 1. The lowest BCUT2D eigenvalue weighted by molar-refractivity contribution is -0.166. The Balaban J connectivity index is 2.04. The largest absolute Gasteiger partial charge is 0.481 e. The number of benzene rings is 1. The fourth-order valence-corrected chi connectivity index (χ4v) is 4.03. The molecule has 4 N–H and O–H groups in total. The Hall–Kier alpha value is -1.83. The van der Waals surface area contributed by atoms with Gasteiger partial charge in [0, 0.05) is 29.9 Å². The highest BCUT2D eigenvalue weighted by atomic mass is 35.5. The third kappa shape index (κ3) is 2.72. The van der Waals surface area contributed by atoms with Crippen molar-refractivity contribution < 1.29 is 24.5 Å². The molecule has 3 rings (SSSR count). The van der Waals surface area contributed by atoms with Gasteiger partial charge < -0.3 is 19.8 Å². The molecule has 3 atom stereocenters. The number of nitrogens with zero attached hydrogens (tertiary/aromatic N) is 1. The van der Waals surface area contributed by atoms with E-state index in [1.54, 1.807) is 30.1 Å². The molecule has 1 aromatic rings. The second-order valence-electron chi connectivity index (χ2n) is 6.50. The Labute approximate surface area is 143 Å². The topological polar surface area (TPSA) is 113 Å². The number of piperidine rings is 1. The molecule has 0 radical (unpaired) electrons. The summed E-state index contributed by atoms with van der Waals surface area (Å²) in [6.07, 6.45) is 0.900. The molecule has 1 saturated heterocycles. The number of aliphatic carboxylic acids is 2. The summed E-state index contributed by atoms with van der Waals surface area (Å²) < 4.78 is 5.97. The molecule has 3 unspecified atom stereocenters. The first-order valence-electron chi connectivity index (χ1n) is 7.65. The van der Waals surface area contributed by atoms with Crippen molar-refractivity contribution in [1.29, 1.82) is 0 Å². The summed E-state index contributed by atoms with van der Waals surface area (Å²) in [6.45, 7) is 0.456. The number of hydrogen-bond donors (Lipinski definition) is 3. The minimum absolute atomic E-state index is 0.415. The summed E-state index contributed by atoms with van der Waals surface area (Å²) in [5, 5.41) is 19.4. The lowest BCUT2D eigenvalue weighted by Crippen LogP contribution is -2.68. The average Bonchev–Trinajstić information content (AvgIpc) is 2.48. The van der Waals surface area contributed by atoms with Crippen LogP contribution >= 0.6 is 11.6 Å². The first-order chi connectivity index (χ1) is 11.2. The summed E-state index contributed by atoms with van der Waals surface area (Å²) >= 11 is 6.03. The van der Waals surface area contributed by atoms with Crippen LogP contribution in [-0.4, -0.2) is 52.4 Å². The molecule has 1 aromatic carbocycles. The molecule has 0 saturated carbocycles. The minimum Gasteiger partial charge on any atom is -0.481 e. The van der Waals surface area contributed by atoms with Gasteiger partial charge in [-0.2, -0.15) is 0 Å². The van der Waals surface area contributed by atoms with Gasteiger partial charge in [-0.05, 0) is 37.2 Å². The van der Waals surface area contributed by atoms with Crippen LogP contribution in [0.15, 0.2) is 18.2 Å². The van der Waals surface area contributed by atoms with Crippen molar-refractivity contribution in [3.05, 3.63) is 28.8 Å². The summed E-state index contributed by atoms with van der Waals surface area (Å²) in [7, 11) is 1.72. The van der Waals surface area contributed by atoms with Gasteiger partial charge >= 0.3 is 11.9 Å². The molecule has 2 heterocycles. The van der Waals surface area contributed by atoms with Crippen LogP contribution < -0.4 is 10.5 Å². The van der Waals surface area contributed by atoms with E-state index in [9.17, 15) is 19.8 Å². The molecule has 2 aliphatic heterocycles. The zero-order chi connectivity index (χ0) is 17.6. The van der Waals surface area contributed by atoms with Crippen molar-refractivity contribution >= 4 is 23.5 Å². The average molecular weight is 355 g/mol. The number of halogens is 1. The van der Waals surface area contributed by atoms with E-state index in [1.807, 2.05) is 0 Å². The summed E-state index contributed by atoms with van der Waals surface area (Å²) in [5.41, 5.74) is 6.15. The number of nitrogens with two attached hydrogens (primary N) is 1. The van der Waals surface area contributed by atoms with E-state index < -0.39 is 35.5 Å². The van der Waals surface area contributed by atoms with Gasteiger partial charge in [-0.1, -0.05) is 11.6 Å². The molecule has 0 aliphatic carbocycles. The molecule has 2 aliphatic rings. The van der Waals surface area contributed by atoms with Crippen LogP contribution in [0.4, 0.5) is 0 Å².